The molecule has 1 aromatic carbocycles. The largest absolute Gasteiger partial charge is 0.311 e. The van der Waals surface area contributed by atoms with Gasteiger partial charge in [-0.05, 0) is 49.7 Å². The number of rotatable bonds is 4. The van der Waals surface area contributed by atoms with E-state index in [0.717, 1.165) is 16.8 Å². The highest BCUT2D eigenvalue weighted by Gasteiger charge is 2.14. The van der Waals surface area contributed by atoms with Gasteiger partial charge in [0.2, 0.25) is 0 Å². The van der Waals surface area contributed by atoms with Crippen LogP contribution in [0.25, 0.3) is 0 Å². The van der Waals surface area contributed by atoms with Gasteiger partial charge in [0.25, 0.3) is 0 Å². The molecule has 0 fully saturated rings. The molecule has 0 aliphatic carbocycles. The van der Waals surface area contributed by atoms with Gasteiger partial charge >= 0.3 is 0 Å². The minimum atomic E-state index is -0.388. The molecule has 4 heteroatoms. The number of pyridine rings is 1. The van der Waals surface area contributed by atoms with Crippen LogP contribution >= 0.6 is 11.6 Å². The molecule has 1 unspecified atom stereocenters. The molecule has 2 nitrogen and oxygen atoms in total. The smallest absolute Gasteiger partial charge is 0.141 e. The van der Waals surface area contributed by atoms with Gasteiger partial charge in [-0.25, -0.2) is 4.39 Å². The van der Waals surface area contributed by atoms with Crippen molar-refractivity contribution in [2.45, 2.75) is 19.4 Å². The van der Waals surface area contributed by atoms with E-state index in [9.17, 15) is 4.39 Å². The molecule has 0 aliphatic rings. The number of likely N-dealkylation sites (N-methyl/N-ethyl adjacent to an activating group) is 1. The highest BCUT2D eigenvalue weighted by atomic mass is 35.5. The molecule has 1 heterocycles. The number of aromatic nitrogens is 1. The van der Waals surface area contributed by atoms with Crippen molar-refractivity contribution in [3.8, 4) is 0 Å². The lowest BCUT2D eigenvalue weighted by molar-refractivity contribution is 0.570. The van der Waals surface area contributed by atoms with Crippen LogP contribution < -0.4 is 5.32 Å². The second kappa shape index (κ2) is 6.13. The molecule has 19 heavy (non-hydrogen) atoms. The van der Waals surface area contributed by atoms with Crippen LogP contribution in [-0.4, -0.2) is 12.0 Å². The average molecular weight is 279 g/mol. The number of halogens is 2. The first-order chi connectivity index (χ1) is 9.11. The van der Waals surface area contributed by atoms with Gasteiger partial charge in [0, 0.05) is 6.20 Å². The summed E-state index contributed by atoms with van der Waals surface area (Å²) >= 11 is 5.81. The minimum Gasteiger partial charge on any atom is -0.311 e. The van der Waals surface area contributed by atoms with Crippen LogP contribution in [0.2, 0.25) is 5.02 Å². The van der Waals surface area contributed by atoms with Gasteiger partial charge in [-0.2, -0.15) is 0 Å². The van der Waals surface area contributed by atoms with Gasteiger partial charge < -0.3 is 5.32 Å². The lowest BCUT2D eigenvalue weighted by Crippen LogP contribution is -2.21. The average Bonchev–Trinajstić information content (AvgIpc) is 2.41. The Hall–Kier alpha value is -1.45. The maximum Gasteiger partial charge on any atom is 0.141 e. The third kappa shape index (κ3) is 3.31. The Bertz CT molecular complexity index is 572. The Morgan fingerprint density at radius 3 is 2.79 bits per heavy atom. The molecule has 0 bridgehead atoms. The van der Waals surface area contributed by atoms with Crippen molar-refractivity contribution in [2.24, 2.45) is 0 Å². The van der Waals surface area contributed by atoms with Crippen LogP contribution in [0.3, 0.4) is 0 Å². The van der Waals surface area contributed by atoms with E-state index in [1.54, 1.807) is 18.3 Å². The third-order valence-electron chi connectivity index (χ3n) is 3.15. The Kier molecular flexibility index (Phi) is 4.51. The standard InChI is InChI=1S/C15H16ClFN2/c1-10-4-3-7-19-15(10)14(18-2)9-11-5-6-13(17)12(16)8-11/h3-8,14,18H,9H2,1-2H3. The van der Waals surface area contributed by atoms with Gasteiger partial charge in [-0.3, -0.25) is 4.98 Å². The van der Waals surface area contributed by atoms with Crippen LogP contribution in [0.1, 0.15) is 22.9 Å². The summed E-state index contributed by atoms with van der Waals surface area (Å²) in [5.74, 6) is -0.388. The van der Waals surface area contributed by atoms with E-state index in [0.29, 0.717) is 6.42 Å². The van der Waals surface area contributed by atoms with Crippen molar-refractivity contribution in [3.63, 3.8) is 0 Å². The highest BCUT2D eigenvalue weighted by molar-refractivity contribution is 6.30. The first-order valence-corrected chi connectivity index (χ1v) is 6.52. The fraction of sp³-hybridized carbons (Fsp3) is 0.267. The number of aryl methyl sites for hydroxylation is 1. The Balaban J connectivity index is 2.24. The summed E-state index contributed by atoms with van der Waals surface area (Å²) in [5.41, 5.74) is 3.12. The van der Waals surface area contributed by atoms with Gasteiger partial charge in [-0.15, -0.1) is 0 Å². The van der Waals surface area contributed by atoms with E-state index in [1.807, 2.05) is 26.1 Å². The molecule has 0 spiro atoms. The van der Waals surface area contributed by atoms with Gasteiger partial charge in [-0.1, -0.05) is 23.7 Å². The van der Waals surface area contributed by atoms with Crippen molar-refractivity contribution < 1.29 is 4.39 Å². The van der Waals surface area contributed by atoms with E-state index in [-0.39, 0.29) is 16.9 Å². The Morgan fingerprint density at radius 2 is 2.16 bits per heavy atom. The van der Waals surface area contributed by atoms with Crippen LogP contribution in [0.5, 0.6) is 0 Å². The fourth-order valence-electron chi connectivity index (χ4n) is 2.10. The Labute approximate surface area is 117 Å². The second-order valence-electron chi connectivity index (χ2n) is 4.50. The molecular formula is C15H16ClFN2. The lowest BCUT2D eigenvalue weighted by Gasteiger charge is -2.18. The maximum atomic E-state index is 13.1. The summed E-state index contributed by atoms with van der Waals surface area (Å²) < 4.78 is 13.1. The molecule has 0 aliphatic heterocycles. The maximum absolute atomic E-state index is 13.1. The predicted octanol–water partition coefficient (Wildman–Crippen LogP) is 3.69. The number of nitrogens with one attached hydrogen (secondary N) is 1. The number of benzene rings is 1. The summed E-state index contributed by atoms with van der Waals surface area (Å²) in [6.45, 7) is 2.03. The fourth-order valence-corrected chi connectivity index (χ4v) is 2.30. The first kappa shape index (κ1) is 14.0. The summed E-state index contributed by atoms with van der Waals surface area (Å²) in [6, 6.07) is 8.85. The van der Waals surface area contributed by atoms with Crippen molar-refractivity contribution in [3.05, 3.63) is 64.2 Å². The van der Waals surface area contributed by atoms with Crippen LogP contribution in [0.4, 0.5) is 4.39 Å². The zero-order chi connectivity index (χ0) is 13.8. The summed E-state index contributed by atoms with van der Waals surface area (Å²) in [7, 11) is 1.89. The predicted molar refractivity (Wildman–Crippen MR) is 75.9 cm³/mol. The van der Waals surface area contributed by atoms with E-state index in [1.165, 1.54) is 6.07 Å². The third-order valence-corrected chi connectivity index (χ3v) is 3.44. The molecule has 2 rings (SSSR count). The minimum absolute atomic E-state index is 0.0859. The normalized spacial score (nSPS) is 12.4. The molecule has 100 valence electrons. The summed E-state index contributed by atoms with van der Waals surface area (Å²) in [6.07, 6.45) is 2.50. The topological polar surface area (TPSA) is 24.9 Å². The SMILES string of the molecule is CNC(Cc1ccc(F)c(Cl)c1)c1ncccc1C. The van der Waals surface area contributed by atoms with E-state index >= 15 is 0 Å². The van der Waals surface area contributed by atoms with E-state index in [4.69, 9.17) is 11.6 Å². The molecule has 1 aromatic heterocycles. The van der Waals surface area contributed by atoms with Crippen LogP contribution in [0.15, 0.2) is 36.5 Å². The number of hydrogen-bond acceptors (Lipinski definition) is 2. The van der Waals surface area contributed by atoms with Crippen molar-refractivity contribution in [2.75, 3.05) is 7.05 Å². The molecule has 2 aromatic rings. The van der Waals surface area contributed by atoms with Crippen molar-refractivity contribution in [1.29, 1.82) is 0 Å². The van der Waals surface area contributed by atoms with Gasteiger partial charge in [0.05, 0.1) is 16.8 Å². The molecule has 1 N–H and O–H groups in total. The van der Waals surface area contributed by atoms with Gasteiger partial charge in [0.1, 0.15) is 5.82 Å². The highest BCUT2D eigenvalue weighted by Crippen LogP contribution is 2.22. The lowest BCUT2D eigenvalue weighted by atomic mass is 10.00. The first-order valence-electron chi connectivity index (χ1n) is 6.14. The quantitative estimate of drug-likeness (QED) is 0.923. The molecular weight excluding hydrogens is 263 g/mol. The van der Waals surface area contributed by atoms with E-state index in [2.05, 4.69) is 10.3 Å². The number of nitrogens with zero attached hydrogens (tertiary/aromatic N) is 1. The monoisotopic (exact) mass is 278 g/mol. The van der Waals surface area contributed by atoms with Crippen molar-refractivity contribution in [1.82, 2.24) is 10.3 Å². The molecule has 0 saturated carbocycles. The van der Waals surface area contributed by atoms with Crippen molar-refractivity contribution >= 4 is 11.6 Å². The second-order valence-corrected chi connectivity index (χ2v) is 4.91. The summed E-state index contributed by atoms with van der Waals surface area (Å²) in [4.78, 5) is 4.42. The molecule has 0 saturated heterocycles. The molecule has 1 atom stereocenters. The zero-order valence-corrected chi connectivity index (χ0v) is 11.7. The van der Waals surface area contributed by atoms with Gasteiger partial charge in [0.15, 0.2) is 0 Å². The van der Waals surface area contributed by atoms with Crippen LogP contribution in [0, 0.1) is 12.7 Å². The zero-order valence-electron chi connectivity index (χ0n) is 11.0. The number of hydrogen-bond donors (Lipinski definition) is 1. The summed E-state index contributed by atoms with van der Waals surface area (Å²) in [5, 5.41) is 3.40. The molecule has 0 radical (unpaired) electrons. The van der Waals surface area contributed by atoms with E-state index < -0.39 is 0 Å². The Morgan fingerprint density at radius 1 is 1.37 bits per heavy atom. The molecule has 0 amide bonds. The van der Waals surface area contributed by atoms with Crippen LogP contribution in [-0.2, 0) is 6.42 Å².